The number of amides is 2. The molecule has 0 spiro atoms. The van der Waals surface area contributed by atoms with Gasteiger partial charge in [0.15, 0.2) is 5.13 Å². The average Bonchev–Trinajstić information content (AvgIpc) is 3.31. The molecule has 0 saturated carbocycles. The Morgan fingerprint density at radius 2 is 2.18 bits per heavy atom. The standard InChI is InChI=1S/C19H20N6O2S/c1-24(16(26)7-9-21-18(27)12-4-3-8-20-10-12)19-23-17-13-11-22-25(2)14(13)5-6-15(17)28-19/h3-4,8,10-11H,5-7,9H2,1-2H3,(H,21,27). The molecule has 0 radical (unpaired) electrons. The van der Waals surface area contributed by atoms with Crippen LogP contribution in [0.25, 0.3) is 11.3 Å². The molecule has 0 fully saturated rings. The lowest BCUT2D eigenvalue weighted by atomic mass is 10.0. The van der Waals surface area contributed by atoms with Gasteiger partial charge in [0, 0.05) is 55.6 Å². The normalized spacial score (nSPS) is 12.2. The van der Waals surface area contributed by atoms with E-state index < -0.39 is 0 Å². The Bertz CT molecular complexity index is 1030. The third-order valence-corrected chi connectivity index (χ3v) is 5.99. The van der Waals surface area contributed by atoms with Crippen LogP contribution in [0.4, 0.5) is 5.13 Å². The van der Waals surface area contributed by atoms with Gasteiger partial charge in [-0.25, -0.2) is 4.98 Å². The minimum atomic E-state index is -0.239. The summed E-state index contributed by atoms with van der Waals surface area (Å²) in [6, 6.07) is 3.38. The first kappa shape index (κ1) is 18.3. The zero-order valence-electron chi connectivity index (χ0n) is 15.7. The minimum absolute atomic E-state index is 0.0935. The second-order valence-electron chi connectivity index (χ2n) is 6.60. The molecule has 4 rings (SSSR count). The number of thiazole rings is 1. The van der Waals surface area contributed by atoms with Gasteiger partial charge in [-0.1, -0.05) is 0 Å². The van der Waals surface area contributed by atoms with Gasteiger partial charge in [0.1, 0.15) is 0 Å². The van der Waals surface area contributed by atoms with Gasteiger partial charge in [-0.15, -0.1) is 11.3 Å². The van der Waals surface area contributed by atoms with Crippen molar-refractivity contribution in [2.45, 2.75) is 19.3 Å². The second-order valence-corrected chi connectivity index (χ2v) is 7.66. The molecule has 3 aromatic rings. The van der Waals surface area contributed by atoms with E-state index in [-0.39, 0.29) is 24.8 Å². The maximum absolute atomic E-state index is 12.5. The molecular formula is C19H20N6O2S. The number of nitrogens with zero attached hydrogens (tertiary/aromatic N) is 5. The Balaban J connectivity index is 1.39. The van der Waals surface area contributed by atoms with Crippen molar-refractivity contribution in [3.05, 3.63) is 46.9 Å². The van der Waals surface area contributed by atoms with Crippen molar-refractivity contribution < 1.29 is 9.59 Å². The summed E-state index contributed by atoms with van der Waals surface area (Å²) in [6.07, 6.45) is 6.98. The molecule has 0 saturated heterocycles. The number of hydrogen-bond donors (Lipinski definition) is 1. The van der Waals surface area contributed by atoms with E-state index in [2.05, 4.69) is 15.4 Å². The first-order chi connectivity index (χ1) is 13.5. The van der Waals surface area contributed by atoms with Crippen LogP contribution < -0.4 is 10.2 Å². The number of rotatable bonds is 5. The summed E-state index contributed by atoms with van der Waals surface area (Å²) in [5.74, 6) is -0.332. The Morgan fingerprint density at radius 3 is 2.96 bits per heavy atom. The highest BCUT2D eigenvalue weighted by molar-refractivity contribution is 7.16. The van der Waals surface area contributed by atoms with Crippen LogP contribution in [0.3, 0.4) is 0 Å². The number of carbonyl (C=O) groups is 2. The highest BCUT2D eigenvalue weighted by Crippen LogP contribution is 2.38. The molecule has 0 atom stereocenters. The SMILES string of the molecule is CN(C(=O)CCNC(=O)c1cccnc1)c1nc2c(s1)CCc1c-2cnn1C. The van der Waals surface area contributed by atoms with Crippen molar-refractivity contribution in [2.24, 2.45) is 7.05 Å². The smallest absolute Gasteiger partial charge is 0.252 e. The fourth-order valence-electron chi connectivity index (χ4n) is 3.21. The molecule has 0 aromatic carbocycles. The average molecular weight is 396 g/mol. The molecule has 0 aliphatic heterocycles. The number of nitrogens with one attached hydrogen (secondary N) is 1. The van der Waals surface area contributed by atoms with Gasteiger partial charge in [0.2, 0.25) is 5.91 Å². The van der Waals surface area contributed by atoms with E-state index in [4.69, 9.17) is 4.98 Å². The fourth-order valence-corrected chi connectivity index (χ4v) is 4.26. The Kier molecular flexibility index (Phi) is 4.91. The molecule has 144 valence electrons. The summed E-state index contributed by atoms with van der Waals surface area (Å²) in [4.78, 5) is 35.9. The monoisotopic (exact) mass is 396 g/mol. The lowest BCUT2D eigenvalue weighted by Crippen LogP contribution is -2.32. The molecule has 1 N–H and O–H groups in total. The molecule has 28 heavy (non-hydrogen) atoms. The van der Waals surface area contributed by atoms with Crippen molar-refractivity contribution in [2.75, 3.05) is 18.5 Å². The maximum atomic E-state index is 12.5. The van der Waals surface area contributed by atoms with Crippen LogP contribution in [0.1, 0.15) is 27.3 Å². The predicted octanol–water partition coefficient (Wildman–Crippen LogP) is 1.82. The summed E-state index contributed by atoms with van der Waals surface area (Å²) in [7, 11) is 3.66. The quantitative estimate of drug-likeness (QED) is 0.710. The summed E-state index contributed by atoms with van der Waals surface area (Å²) in [5, 5.41) is 7.74. The van der Waals surface area contributed by atoms with Crippen molar-refractivity contribution in [1.82, 2.24) is 25.1 Å². The van der Waals surface area contributed by atoms with Crippen LogP contribution in [0.2, 0.25) is 0 Å². The number of aromatic nitrogens is 4. The Morgan fingerprint density at radius 1 is 1.32 bits per heavy atom. The highest BCUT2D eigenvalue weighted by atomic mass is 32.1. The molecular weight excluding hydrogens is 376 g/mol. The van der Waals surface area contributed by atoms with E-state index in [0.29, 0.717) is 10.7 Å². The Labute approximate surface area is 166 Å². The van der Waals surface area contributed by atoms with Gasteiger partial charge in [0.25, 0.3) is 5.91 Å². The zero-order chi connectivity index (χ0) is 19.7. The van der Waals surface area contributed by atoms with E-state index in [9.17, 15) is 9.59 Å². The molecule has 2 amide bonds. The van der Waals surface area contributed by atoms with Gasteiger partial charge in [-0.3, -0.25) is 24.2 Å². The van der Waals surface area contributed by atoms with Gasteiger partial charge in [-0.2, -0.15) is 5.10 Å². The largest absolute Gasteiger partial charge is 0.351 e. The summed E-state index contributed by atoms with van der Waals surface area (Å²) < 4.78 is 1.89. The van der Waals surface area contributed by atoms with Gasteiger partial charge in [0.05, 0.1) is 17.5 Å². The fraction of sp³-hybridized carbons (Fsp3) is 0.316. The molecule has 1 aliphatic rings. The number of anilines is 1. The first-order valence-electron chi connectivity index (χ1n) is 9.00. The van der Waals surface area contributed by atoms with Crippen LogP contribution in [0.5, 0.6) is 0 Å². The van der Waals surface area contributed by atoms with Crippen LogP contribution in [-0.2, 0) is 24.7 Å². The van der Waals surface area contributed by atoms with Crippen molar-refractivity contribution in [3.8, 4) is 11.3 Å². The molecule has 8 nitrogen and oxygen atoms in total. The number of pyridine rings is 1. The number of hydrogen-bond acceptors (Lipinski definition) is 6. The van der Waals surface area contributed by atoms with Crippen LogP contribution in [-0.4, -0.2) is 45.2 Å². The minimum Gasteiger partial charge on any atom is -0.351 e. The van der Waals surface area contributed by atoms with Crippen LogP contribution in [0.15, 0.2) is 30.7 Å². The van der Waals surface area contributed by atoms with Crippen LogP contribution >= 0.6 is 11.3 Å². The molecule has 9 heteroatoms. The molecule has 0 bridgehead atoms. The molecule has 3 aromatic heterocycles. The van der Waals surface area contributed by atoms with Crippen molar-refractivity contribution in [1.29, 1.82) is 0 Å². The van der Waals surface area contributed by atoms with E-state index in [1.165, 1.54) is 16.8 Å². The molecule has 0 unspecified atom stereocenters. The van der Waals surface area contributed by atoms with Gasteiger partial charge < -0.3 is 5.32 Å². The topological polar surface area (TPSA) is 93.0 Å². The first-order valence-corrected chi connectivity index (χ1v) is 9.82. The zero-order valence-corrected chi connectivity index (χ0v) is 16.5. The summed E-state index contributed by atoms with van der Waals surface area (Å²) >= 11 is 1.54. The third-order valence-electron chi connectivity index (χ3n) is 4.80. The van der Waals surface area contributed by atoms with E-state index >= 15 is 0 Å². The lowest BCUT2D eigenvalue weighted by molar-refractivity contribution is -0.118. The predicted molar refractivity (Wildman–Crippen MR) is 106 cm³/mol. The maximum Gasteiger partial charge on any atom is 0.252 e. The highest BCUT2D eigenvalue weighted by Gasteiger charge is 2.26. The van der Waals surface area contributed by atoms with Gasteiger partial charge in [-0.05, 0) is 25.0 Å². The van der Waals surface area contributed by atoms with E-state index in [1.807, 2.05) is 17.9 Å². The number of aryl methyl sites for hydroxylation is 2. The molecule has 3 heterocycles. The summed E-state index contributed by atoms with van der Waals surface area (Å²) in [6.45, 7) is 0.259. The van der Waals surface area contributed by atoms with Crippen LogP contribution in [0, 0.1) is 0 Å². The van der Waals surface area contributed by atoms with E-state index in [1.54, 1.807) is 41.6 Å². The van der Waals surface area contributed by atoms with Crippen molar-refractivity contribution >= 4 is 28.3 Å². The lowest BCUT2D eigenvalue weighted by Gasteiger charge is -2.14. The third kappa shape index (κ3) is 3.40. The number of fused-ring (bicyclic) bond motifs is 3. The summed E-state index contributed by atoms with van der Waals surface area (Å²) in [5.41, 5.74) is 3.63. The number of carbonyl (C=O) groups excluding carboxylic acids is 2. The van der Waals surface area contributed by atoms with Crippen molar-refractivity contribution in [3.63, 3.8) is 0 Å². The second kappa shape index (κ2) is 7.51. The van der Waals surface area contributed by atoms with Gasteiger partial charge >= 0.3 is 0 Å². The molecule has 1 aliphatic carbocycles. The Hall–Kier alpha value is -3.07. The van der Waals surface area contributed by atoms with E-state index in [0.717, 1.165) is 24.1 Å².